The van der Waals surface area contributed by atoms with Crippen LogP contribution in [0.3, 0.4) is 0 Å². The second kappa shape index (κ2) is 7.94. The molecule has 0 bridgehead atoms. The van der Waals surface area contributed by atoms with Gasteiger partial charge < -0.3 is 25.0 Å². The van der Waals surface area contributed by atoms with Crippen molar-refractivity contribution in [1.82, 2.24) is 20.0 Å². The lowest BCUT2D eigenvalue weighted by Crippen LogP contribution is -2.29. The summed E-state index contributed by atoms with van der Waals surface area (Å²) in [6.07, 6.45) is 1.52. The van der Waals surface area contributed by atoms with Crippen LogP contribution in [0, 0.1) is 10.1 Å². The maximum atomic E-state index is 12.4. The third-order valence-corrected chi connectivity index (χ3v) is 3.65. The molecule has 0 atom stereocenters. The molecule has 0 saturated carbocycles. The monoisotopic (exact) mass is 355 g/mol. The van der Waals surface area contributed by atoms with E-state index >= 15 is 0 Å². The summed E-state index contributed by atoms with van der Waals surface area (Å²) >= 11 is 0. The summed E-state index contributed by atoms with van der Waals surface area (Å²) in [6.45, 7) is 5.48. The van der Waals surface area contributed by atoms with Crippen LogP contribution >= 0.6 is 0 Å². The minimum absolute atomic E-state index is 0.00546. The van der Waals surface area contributed by atoms with Crippen molar-refractivity contribution >= 4 is 11.6 Å². The first-order valence-corrected chi connectivity index (χ1v) is 7.79. The second-order valence-corrected chi connectivity index (χ2v) is 5.63. The third-order valence-electron chi connectivity index (χ3n) is 3.65. The maximum Gasteiger partial charge on any atom is 0.291 e. The number of nitrogens with one attached hydrogen (secondary N) is 1. The number of hydrogen-bond donors (Lipinski definition) is 3. The number of carbonyl (C=O) groups excluding carboxylic acids is 2. The molecule has 0 spiro atoms. The molecule has 0 unspecified atom stereocenters. The van der Waals surface area contributed by atoms with E-state index in [1.54, 1.807) is 7.05 Å². The summed E-state index contributed by atoms with van der Waals surface area (Å²) in [6, 6.07) is 0. The molecule has 1 aliphatic carbocycles. The van der Waals surface area contributed by atoms with Crippen molar-refractivity contribution in [1.29, 1.82) is 0 Å². The summed E-state index contributed by atoms with van der Waals surface area (Å²) < 4.78 is 0. The van der Waals surface area contributed by atoms with Gasteiger partial charge in [0.2, 0.25) is 11.6 Å². The molecule has 4 rings (SSSR count). The zero-order valence-corrected chi connectivity index (χ0v) is 13.8. The van der Waals surface area contributed by atoms with Gasteiger partial charge in [-0.1, -0.05) is 0 Å². The highest BCUT2D eigenvalue weighted by atomic mass is 16.9. The lowest BCUT2D eigenvalue weighted by Gasteiger charge is -2.21. The second-order valence-electron chi connectivity index (χ2n) is 5.63. The highest BCUT2D eigenvalue weighted by Crippen LogP contribution is 2.33. The van der Waals surface area contributed by atoms with Crippen molar-refractivity contribution in [3.8, 4) is 0 Å². The number of allylic oxidation sites excluding steroid dienone is 1. The smallest absolute Gasteiger partial charge is 0.291 e. The SMILES string of the molecule is CNCO.O=C1C=C(N2CC2)C(=O)C(N2CC2)=C1N1CC1.O=[N+]([O-])O. The standard InChI is InChI=1S/C12H13N3O2.C2H7NO.HNO3/c16-9-7-8(13-1-2-13)12(17)11(15-5-6-15)10(9)14-3-4-14;1-3-2-4;2-1(3)4/h7H,1-6H2;3-4H,2H2,1H3;(H,2,3,4). The number of aliphatic hydroxyl groups is 1. The van der Waals surface area contributed by atoms with Crippen LogP contribution in [0.1, 0.15) is 0 Å². The van der Waals surface area contributed by atoms with Gasteiger partial charge in [-0.15, -0.1) is 10.1 Å². The fourth-order valence-corrected chi connectivity index (χ4v) is 2.28. The van der Waals surface area contributed by atoms with Crippen LogP contribution in [0.5, 0.6) is 0 Å². The third kappa shape index (κ3) is 5.16. The number of hydrogen-bond acceptors (Lipinski definition) is 9. The van der Waals surface area contributed by atoms with E-state index in [4.69, 9.17) is 20.4 Å². The highest BCUT2D eigenvalue weighted by molar-refractivity contribution is 6.22. The normalized spacial score (nSPS) is 20.2. The number of nitrogens with zero attached hydrogens (tertiary/aromatic N) is 4. The largest absolute Gasteiger partial charge is 0.381 e. The Hall–Kier alpha value is -2.66. The van der Waals surface area contributed by atoms with Crippen LogP contribution in [0.25, 0.3) is 0 Å². The zero-order chi connectivity index (χ0) is 18.6. The first-order valence-electron chi connectivity index (χ1n) is 7.79. The Bertz CT molecular complexity index is 613. The Kier molecular flexibility index (Phi) is 5.93. The molecule has 11 heteroatoms. The number of ketones is 2. The number of Topliss-reactive ketones (excluding diaryl/α,β-unsaturated/α-hetero) is 1. The zero-order valence-electron chi connectivity index (χ0n) is 13.8. The summed E-state index contributed by atoms with van der Waals surface area (Å²) in [7, 11) is 1.68. The van der Waals surface area contributed by atoms with Gasteiger partial charge in [0.25, 0.3) is 5.09 Å². The van der Waals surface area contributed by atoms with E-state index in [9.17, 15) is 9.59 Å². The van der Waals surface area contributed by atoms with Crippen molar-refractivity contribution in [2.45, 2.75) is 0 Å². The minimum Gasteiger partial charge on any atom is -0.381 e. The van der Waals surface area contributed by atoms with Crippen LogP contribution in [0.2, 0.25) is 0 Å². The van der Waals surface area contributed by atoms with Gasteiger partial charge in [0.15, 0.2) is 0 Å². The molecule has 0 aromatic rings. The van der Waals surface area contributed by atoms with E-state index in [1.165, 1.54) is 6.08 Å². The number of carbonyl (C=O) groups is 2. The Labute approximate surface area is 143 Å². The van der Waals surface area contributed by atoms with Gasteiger partial charge >= 0.3 is 0 Å². The Balaban J connectivity index is 0.000000241. The summed E-state index contributed by atoms with van der Waals surface area (Å²) in [5, 5.41) is 23.9. The van der Waals surface area contributed by atoms with Crippen molar-refractivity contribution in [2.75, 3.05) is 53.0 Å². The quantitative estimate of drug-likeness (QED) is 0.170. The topological polar surface area (TPSA) is 139 Å². The van der Waals surface area contributed by atoms with Gasteiger partial charge in [0.05, 0.1) is 12.4 Å². The lowest BCUT2D eigenvalue weighted by atomic mass is 10.0. The van der Waals surface area contributed by atoms with Crippen LogP contribution in [0.15, 0.2) is 23.2 Å². The molecule has 0 radical (unpaired) electrons. The molecule has 0 amide bonds. The fraction of sp³-hybridized carbons (Fsp3) is 0.571. The molecule has 138 valence electrons. The van der Waals surface area contributed by atoms with Gasteiger partial charge in [-0.3, -0.25) is 14.9 Å². The number of rotatable bonds is 4. The maximum absolute atomic E-state index is 12.4. The number of aliphatic hydroxyl groups excluding tert-OH is 1. The molecule has 3 saturated heterocycles. The van der Waals surface area contributed by atoms with Crippen molar-refractivity contribution < 1.29 is 25.0 Å². The Morgan fingerprint density at radius 3 is 1.84 bits per heavy atom. The molecule has 4 aliphatic rings. The van der Waals surface area contributed by atoms with E-state index in [0.29, 0.717) is 17.1 Å². The predicted octanol–water partition coefficient (Wildman–Crippen LogP) is -2.01. The van der Waals surface area contributed by atoms with E-state index in [2.05, 4.69) is 5.32 Å². The first kappa shape index (κ1) is 18.7. The fourth-order valence-electron chi connectivity index (χ4n) is 2.28. The molecular weight excluding hydrogens is 334 g/mol. The van der Waals surface area contributed by atoms with Crippen molar-refractivity contribution in [3.05, 3.63) is 33.3 Å². The molecular formula is C14H21N5O6. The van der Waals surface area contributed by atoms with Crippen LogP contribution in [-0.2, 0) is 9.59 Å². The summed E-state index contributed by atoms with van der Waals surface area (Å²) in [5.74, 6) is 0.0485. The molecule has 25 heavy (non-hydrogen) atoms. The van der Waals surface area contributed by atoms with Gasteiger partial charge in [-0.05, 0) is 7.05 Å². The predicted molar refractivity (Wildman–Crippen MR) is 84.8 cm³/mol. The van der Waals surface area contributed by atoms with Crippen molar-refractivity contribution in [3.63, 3.8) is 0 Å². The van der Waals surface area contributed by atoms with Crippen LogP contribution < -0.4 is 5.32 Å². The van der Waals surface area contributed by atoms with Crippen LogP contribution in [-0.4, -0.2) is 94.7 Å². The summed E-state index contributed by atoms with van der Waals surface area (Å²) in [5.41, 5.74) is 1.89. The Morgan fingerprint density at radius 2 is 1.48 bits per heavy atom. The van der Waals surface area contributed by atoms with E-state index in [0.717, 1.165) is 39.3 Å². The molecule has 11 nitrogen and oxygen atoms in total. The minimum atomic E-state index is -1.50. The Morgan fingerprint density at radius 1 is 1.08 bits per heavy atom. The molecule has 3 aliphatic heterocycles. The van der Waals surface area contributed by atoms with Gasteiger partial charge in [-0.25, -0.2) is 0 Å². The van der Waals surface area contributed by atoms with Crippen molar-refractivity contribution in [2.24, 2.45) is 0 Å². The highest BCUT2D eigenvalue weighted by Gasteiger charge is 2.43. The van der Waals surface area contributed by atoms with E-state index in [-0.39, 0.29) is 18.3 Å². The average Bonchev–Trinajstić information content (AvgIpc) is 3.39. The van der Waals surface area contributed by atoms with Gasteiger partial charge in [0, 0.05) is 45.3 Å². The van der Waals surface area contributed by atoms with Crippen LogP contribution in [0.4, 0.5) is 0 Å². The molecule has 3 fully saturated rings. The van der Waals surface area contributed by atoms with E-state index < -0.39 is 5.09 Å². The lowest BCUT2D eigenvalue weighted by molar-refractivity contribution is -0.742. The first-order chi connectivity index (χ1) is 11.9. The van der Waals surface area contributed by atoms with E-state index in [1.807, 2.05) is 14.7 Å². The average molecular weight is 355 g/mol. The van der Waals surface area contributed by atoms with Gasteiger partial charge in [0.1, 0.15) is 11.4 Å². The van der Waals surface area contributed by atoms with Gasteiger partial charge in [-0.2, -0.15) is 0 Å². The molecule has 0 aromatic carbocycles. The molecule has 0 aromatic heterocycles. The molecule has 3 N–H and O–H groups in total. The molecule has 3 heterocycles. The summed E-state index contributed by atoms with van der Waals surface area (Å²) in [4.78, 5) is 38.8.